The van der Waals surface area contributed by atoms with Gasteiger partial charge in [0.05, 0.1) is 0 Å². The Morgan fingerprint density at radius 2 is 1.94 bits per heavy atom. The Balaban J connectivity index is 2.94. The quantitative estimate of drug-likeness (QED) is 0.593. The van der Waals surface area contributed by atoms with E-state index in [9.17, 15) is 14.7 Å². The molecule has 0 radical (unpaired) electrons. The van der Waals surface area contributed by atoms with E-state index in [0.717, 1.165) is 0 Å². The summed E-state index contributed by atoms with van der Waals surface area (Å²) in [6, 6.07) is 2.95. The van der Waals surface area contributed by atoms with Crippen LogP contribution in [0.1, 0.15) is 23.6 Å². The summed E-state index contributed by atoms with van der Waals surface area (Å²) in [6.45, 7) is 0. The summed E-state index contributed by atoms with van der Waals surface area (Å²) in [5, 5.41) is 26.7. The number of rotatable bonds is 5. The fraction of sp³-hybridized carbons (Fsp3) is 0.273. The van der Waals surface area contributed by atoms with Gasteiger partial charge in [0.15, 0.2) is 0 Å². The number of phenolic OH excluding ortho intramolecular Hbond substituents is 1. The van der Waals surface area contributed by atoms with Crippen molar-refractivity contribution >= 4 is 11.9 Å². The maximum atomic E-state index is 10.7. The van der Waals surface area contributed by atoms with Crippen molar-refractivity contribution < 1.29 is 24.9 Å². The number of hydrogen-bond acceptors (Lipinski definition) is 4. The molecule has 5 N–H and O–H groups in total. The second-order valence-corrected chi connectivity index (χ2v) is 3.60. The maximum Gasteiger partial charge on any atom is 0.325 e. The highest BCUT2D eigenvalue weighted by molar-refractivity contribution is 5.76. The first kappa shape index (κ1) is 13.0. The largest absolute Gasteiger partial charge is 0.508 e. The number of aryl methyl sites for hydroxylation is 1. The average molecular weight is 239 g/mol. The fourth-order valence-electron chi connectivity index (χ4n) is 1.39. The topological polar surface area (TPSA) is 121 Å². The zero-order chi connectivity index (χ0) is 13.0. The second-order valence-electron chi connectivity index (χ2n) is 3.60. The van der Waals surface area contributed by atoms with Crippen LogP contribution in [0.25, 0.3) is 0 Å². The molecular formula is C11H13NO5. The third-order valence-electron chi connectivity index (χ3n) is 2.32. The first-order chi connectivity index (χ1) is 7.91. The number of benzene rings is 1. The number of hydrogen-bond donors (Lipinski definition) is 4. The van der Waals surface area contributed by atoms with E-state index >= 15 is 0 Å². The van der Waals surface area contributed by atoms with Crippen LogP contribution in [-0.4, -0.2) is 27.3 Å². The molecule has 0 aliphatic carbocycles. The van der Waals surface area contributed by atoms with E-state index in [2.05, 4.69) is 0 Å². The van der Waals surface area contributed by atoms with Crippen molar-refractivity contribution in [3.8, 4) is 5.75 Å². The van der Waals surface area contributed by atoms with Crippen LogP contribution in [0.5, 0.6) is 5.75 Å². The average Bonchev–Trinajstić information content (AvgIpc) is 2.26. The second kappa shape index (κ2) is 5.31. The third kappa shape index (κ3) is 3.46. The Labute approximate surface area is 97.3 Å². The molecule has 1 rings (SSSR count). The number of aliphatic carboxylic acids is 2. The summed E-state index contributed by atoms with van der Waals surface area (Å²) < 4.78 is 0. The molecule has 0 heterocycles. The Morgan fingerprint density at radius 3 is 2.47 bits per heavy atom. The summed E-state index contributed by atoms with van der Waals surface area (Å²) in [5.41, 5.74) is 6.09. The standard InChI is InChI=1S/C11H13NO5/c12-10(11(16)17)7-5-6(1-3-8(7)13)2-4-9(14)15/h1,3,5,10,13H,2,4,12H2,(H,14,15)(H,16,17)/t10-/m0/s1. The molecule has 0 saturated carbocycles. The highest BCUT2D eigenvalue weighted by atomic mass is 16.4. The van der Waals surface area contributed by atoms with Gasteiger partial charge >= 0.3 is 11.9 Å². The van der Waals surface area contributed by atoms with E-state index in [1.54, 1.807) is 0 Å². The molecule has 6 nitrogen and oxygen atoms in total. The van der Waals surface area contributed by atoms with Crippen LogP contribution in [0.2, 0.25) is 0 Å². The van der Waals surface area contributed by atoms with E-state index < -0.39 is 18.0 Å². The van der Waals surface area contributed by atoms with Gasteiger partial charge in [-0.05, 0) is 24.1 Å². The molecule has 1 aromatic rings. The van der Waals surface area contributed by atoms with E-state index in [0.29, 0.717) is 5.56 Å². The molecule has 0 aliphatic heterocycles. The van der Waals surface area contributed by atoms with Crippen LogP contribution >= 0.6 is 0 Å². The molecule has 0 aromatic heterocycles. The summed E-state index contributed by atoms with van der Waals surface area (Å²) in [6.07, 6.45) is 0.196. The van der Waals surface area contributed by atoms with Crippen molar-refractivity contribution in [2.24, 2.45) is 5.73 Å². The molecule has 0 amide bonds. The minimum Gasteiger partial charge on any atom is -0.508 e. The molecule has 0 saturated heterocycles. The minimum absolute atomic E-state index is 0.0630. The maximum absolute atomic E-state index is 10.7. The number of carboxylic acid groups (broad SMARTS) is 2. The van der Waals surface area contributed by atoms with Gasteiger partial charge in [0.2, 0.25) is 0 Å². The van der Waals surface area contributed by atoms with E-state index in [1.165, 1.54) is 18.2 Å². The Bertz CT molecular complexity index is 443. The van der Waals surface area contributed by atoms with Gasteiger partial charge in [-0.25, -0.2) is 0 Å². The lowest BCUT2D eigenvalue weighted by atomic mass is 10.0. The van der Waals surface area contributed by atoms with E-state index in [1.807, 2.05) is 0 Å². The van der Waals surface area contributed by atoms with Crippen molar-refractivity contribution in [1.29, 1.82) is 0 Å². The lowest BCUT2D eigenvalue weighted by molar-refractivity contribution is -0.139. The number of nitrogens with two attached hydrogens (primary N) is 1. The summed E-state index contributed by atoms with van der Waals surface area (Å²) >= 11 is 0. The van der Waals surface area contributed by atoms with Gasteiger partial charge in [0.25, 0.3) is 0 Å². The SMILES string of the molecule is N[C@H](C(=O)O)c1cc(CCC(=O)O)ccc1O. The third-order valence-corrected chi connectivity index (χ3v) is 2.32. The zero-order valence-electron chi connectivity index (χ0n) is 8.96. The molecule has 0 bridgehead atoms. The van der Waals surface area contributed by atoms with Gasteiger partial charge in [-0.15, -0.1) is 0 Å². The van der Waals surface area contributed by atoms with Gasteiger partial charge in [0, 0.05) is 12.0 Å². The van der Waals surface area contributed by atoms with Gasteiger partial charge in [0.1, 0.15) is 11.8 Å². The molecule has 6 heteroatoms. The molecule has 1 aromatic carbocycles. The van der Waals surface area contributed by atoms with Gasteiger partial charge in [-0.2, -0.15) is 0 Å². The van der Waals surface area contributed by atoms with E-state index in [-0.39, 0.29) is 24.2 Å². The van der Waals surface area contributed by atoms with Crippen molar-refractivity contribution in [1.82, 2.24) is 0 Å². The highest BCUT2D eigenvalue weighted by Crippen LogP contribution is 2.24. The van der Waals surface area contributed by atoms with E-state index in [4.69, 9.17) is 15.9 Å². The van der Waals surface area contributed by atoms with Crippen LogP contribution in [-0.2, 0) is 16.0 Å². The number of carbonyl (C=O) groups is 2. The molecule has 0 unspecified atom stereocenters. The smallest absolute Gasteiger partial charge is 0.325 e. The van der Waals surface area contributed by atoms with Crippen molar-refractivity contribution in [3.63, 3.8) is 0 Å². The molecule has 1 atom stereocenters. The van der Waals surface area contributed by atoms with Gasteiger partial charge in [-0.3, -0.25) is 9.59 Å². The van der Waals surface area contributed by atoms with Crippen LogP contribution in [0.3, 0.4) is 0 Å². The lowest BCUT2D eigenvalue weighted by Crippen LogP contribution is -2.20. The van der Waals surface area contributed by atoms with Crippen LogP contribution in [0.15, 0.2) is 18.2 Å². The predicted molar refractivity (Wildman–Crippen MR) is 58.6 cm³/mol. The van der Waals surface area contributed by atoms with Crippen LogP contribution in [0.4, 0.5) is 0 Å². The number of aromatic hydroxyl groups is 1. The fourth-order valence-corrected chi connectivity index (χ4v) is 1.39. The number of phenols is 1. The number of carboxylic acids is 2. The molecule has 17 heavy (non-hydrogen) atoms. The molecule has 0 fully saturated rings. The Morgan fingerprint density at radius 1 is 1.29 bits per heavy atom. The normalized spacial score (nSPS) is 12.1. The molecule has 0 spiro atoms. The summed E-state index contributed by atoms with van der Waals surface area (Å²) in [5.74, 6) is -2.41. The predicted octanol–water partition coefficient (Wildman–Crippen LogP) is 0.494. The van der Waals surface area contributed by atoms with Crippen LogP contribution in [0, 0.1) is 0 Å². The lowest BCUT2D eigenvalue weighted by Gasteiger charge is -2.10. The van der Waals surface area contributed by atoms with Crippen molar-refractivity contribution in [3.05, 3.63) is 29.3 Å². The minimum atomic E-state index is -1.32. The zero-order valence-corrected chi connectivity index (χ0v) is 8.96. The van der Waals surface area contributed by atoms with Gasteiger partial charge in [-0.1, -0.05) is 6.07 Å². The molecule has 92 valence electrons. The summed E-state index contributed by atoms with van der Waals surface area (Å²) in [4.78, 5) is 21.1. The molecule has 0 aliphatic rings. The van der Waals surface area contributed by atoms with Crippen molar-refractivity contribution in [2.75, 3.05) is 0 Å². The summed E-state index contributed by atoms with van der Waals surface area (Å²) in [7, 11) is 0. The Hall–Kier alpha value is -2.08. The van der Waals surface area contributed by atoms with Crippen LogP contribution < -0.4 is 5.73 Å². The van der Waals surface area contributed by atoms with Crippen molar-refractivity contribution in [2.45, 2.75) is 18.9 Å². The first-order valence-corrected chi connectivity index (χ1v) is 4.93. The highest BCUT2D eigenvalue weighted by Gasteiger charge is 2.18. The van der Waals surface area contributed by atoms with Gasteiger partial charge < -0.3 is 21.1 Å². The monoisotopic (exact) mass is 239 g/mol. The Kier molecular flexibility index (Phi) is 4.06. The first-order valence-electron chi connectivity index (χ1n) is 4.93. The molecular weight excluding hydrogens is 226 g/mol.